The van der Waals surface area contributed by atoms with Crippen LogP contribution in [0.15, 0.2) is 67.0 Å². The largest absolute Gasteiger partial charge is 0.339 e. The fourth-order valence-electron chi connectivity index (χ4n) is 3.70. The molecule has 1 aromatic heterocycles. The van der Waals surface area contributed by atoms with Crippen molar-refractivity contribution in [2.45, 2.75) is 19.4 Å². The van der Waals surface area contributed by atoms with Crippen molar-refractivity contribution in [3.05, 3.63) is 83.9 Å². The molecule has 0 aliphatic carbocycles. The van der Waals surface area contributed by atoms with Gasteiger partial charge in [0.1, 0.15) is 5.82 Å². The Hall–Kier alpha value is -3.48. The molecule has 1 saturated heterocycles. The highest BCUT2D eigenvalue weighted by molar-refractivity contribution is 5.95. The van der Waals surface area contributed by atoms with Gasteiger partial charge in [-0.2, -0.15) is 5.10 Å². The van der Waals surface area contributed by atoms with E-state index in [4.69, 9.17) is 0 Å². The van der Waals surface area contributed by atoms with Gasteiger partial charge in [0, 0.05) is 42.7 Å². The van der Waals surface area contributed by atoms with Crippen molar-refractivity contribution in [3.63, 3.8) is 0 Å². The predicted molar refractivity (Wildman–Crippen MR) is 111 cm³/mol. The summed E-state index contributed by atoms with van der Waals surface area (Å²) in [6.07, 6.45) is 4.80. The zero-order chi connectivity index (χ0) is 20.9. The summed E-state index contributed by atoms with van der Waals surface area (Å²) < 4.78 is 14.9. The Balaban J connectivity index is 1.35. The van der Waals surface area contributed by atoms with Crippen molar-refractivity contribution in [1.29, 1.82) is 0 Å². The summed E-state index contributed by atoms with van der Waals surface area (Å²) in [5.74, 6) is -0.676. The van der Waals surface area contributed by atoms with E-state index in [0.29, 0.717) is 38.0 Å². The average Bonchev–Trinajstić information content (AvgIpc) is 3.28. The molecule has 0 atom stereocenters. The van der Waals surface area contributed by atoms with Crippen LogP contribution in [0.5, 0.6) is 0 Å². The lowest BCUT2D eigenvalue weighted by atomic mass is 9.95. The predicted octanol–water partition coefficient (Wildman–Crippen LogP) is 3.56. The Bertz CT molecular complexity index is 1010. The first-order valence-electron chi connectivity index (χ1n) is 10.0. The van der Waals surface area contributed by atoms with E-state index < -0.39 is 0 Å². The third-order valence-corrected chi connectivity index (χ3v) is 5.41. The minimum absolute atomic E-state index is 0.0307. The molecule has 7 heteroatoms. The van der Waals surface area contributed by atoms with Crippen LogP contribution in [-0.2, 0) is 11.3 Å². The maximum atomic E-state index is 13.1. The van der Waals surface area contributed by atoms with Gasteiger partial charge in [-0.1, -0.05) is 18.2 Å². The number of nitrogens with one attached hydrogen (secondary N) is 1. The van der Waals surface area contributed by atoms with Gasteiger partial charge in [0.05, 0.1) is 6.54 Å². The number of piperidine rings is 1. The van der Waals surface area contributed by atoms with Crippen LogP contribution in [0, 0.1) is 11.7 Å². The molecule has 2 heterocycles. The van der Waals surface area contributed by atoms with Gasteiger partial charge in [0.25, 0.3) is 5.91 Å². The third-order valence-electron chi connectivity index (χ3n) is 5.41. The van der Waals surface area contributed by atoms with Crippen LogP contribution in [0.1, 0.15) is 28.8 Å². The van der Waals surface area contributed by atoms with Gasteiger partial charge in [-0.25, -0.2) is 4.39 Å². The van der Waals surface area contributed by atoms with E-state index in [-0.39, 0.29) is 23.5 Å². The molecule has 2 amide bonds. The molecular weight excluding hydrogens is 383 g/mol. The topological polar surface area (TPSA) is 67.2 Å². The Labute approximate surface area is 174 Å². The van der Waals surface area contributed by atoms with E-state index in [2.05, 4.69) is 10.4 Å². The molecule has 0 bridgehead atoms. The number of aromatic nitrogens is 2. The Morgan fingerprint density at radius 1 is 1.03 bits per heavy atom. The minimum atomic E-state index is -0.366. The highest BCUT2D eigenvalue weighted by Crippen LogP contribution is 2.23. The summed E-state index contributed by atoms with van der Waals surface area (Å²) >= 11 is 0. The Morgan fingerprint density at radius 2 is 1.77 bits per heavy atom. The molecule has 1 aliphatic heterocycles. The average molecular weight is 406 g/mol. The normalized spacial score (nSPS) is 14.5. The van der Waals surface area contributed by atoms with E-state index in [0.717, 1.165) is 11.3 Å². The lowest BCUT2D eigenvalue weighted by Gasteiger charge is -2.31. The summed E-state index contributed by atoms with van der Waals surface area (Å²) in [6.45, 7) is 1.58. The molecule has 1 aliphatic rings. The van der Waals surface area contributed by atoms with Crippen LogP contribution in [0.4, 0.5) is 10.1 Å². The number of rotatable bonds is 5. The fraction of sp³-hybridized carbons (Fsp3) is 0.261. The Morgan fingerprint density at radius 3 is 2.47 bits per heavy atom. The first kappa shape index (κ1) is 19.8. The minimum Gasteiger partial charge on any atom is -0.339 e. The molecule has 4 rings (SSSR count). The van der Waals surface area contributed by atoms with Gasteiger partial charge in [-0.3, -0.25) is 14.3 Å². The summed E-state index contributed by atoms with van der Waals surface area (Å²) in [5.41, 5.74) is 2.23. The molecule has 6 nitrogen and oxygen atoms in total. The summed E-state index contributed by atoms with van der Waals surface area (Å²) in [4.78, 5) is 27.1. The first-order chi connectivity index (χ1) is 14.6. The van der Waals surface area contributed by atoms with Crippen LogP contribution < -0.4 is 5.32 Å². The highest BCUT2D eigenvalue weighted by Gasteiger charge is 2.28. The van der Waals surface area contributed by atoms with Gasteiger partial charge in [-0.15, -0.1) is 0 Å². The maximum Gasteiger partial charge on any atom is 0.253 e. The van der Waals surface area contributed by atoms with Crippen LogP contribution in [0.2, 0.25) is 0 Å². The van der Waals surface area contributed by atoms with E-state index in [9.17, 15) is 14.0 Å². The molecule has 0 unspecified atom stereocenters. The lowest BCUT2D eigenvalue weighted by molar-refractivity contribution is -0.121. The van der Waals surface area contributed by atoms with Gasteiger partial charge < -0.3 is 10.2 Å². The van der Waals surface area contributed by atoms with Crippen molar-refractivity contribution in [1.82, 2.24) is 14.7 Å². The summed E-state index contributed by atoms with van der Waals surface area (Å²) in [6, 6.07) is 15.1. The number of carbonyl (C=O) groups excluding carboxylic acids is 2. The molecule has 1 fully saturated rings. The number of anilines is 1. The van der Waals surface area contributed by atoms with Gasteiger partial charge in [-0.05, 0) is 54.8 Å². The second-order valence-corrected chi connectivity index (χ2v) is 7.42. The van der Waals surface area contributed by atoms with Crippen molar-refractivity contribution in [2.75, 3.05) is 18.4 Å². The van der Waals surface area contributed by atoms with Crippen molar-refractivity contribution < 1.29 is 14.0 Å². The van der Waals surface area contributed by atoms with Crippen molar-refractivity contribution >= 4 is 17.5 Å². The number of nitrogens with zero attached hydrogens (tertiary/aromatic N) is 3. The molecule has 154 valence electrons. The van der Waals surface area contributed by atoms with Crippen LogP contribution in [0.3, 0.4) is 0 Å². The van der Waals surface area contributed by atoms with Crippen molar-refractivity contribution in [2.24, 2.45) is 5.92 Å². The highest BCUT2D eigenvalue weighted by atomic mass is 19.1. The van der Waals surface area contributed by atoms with Gasteiger partial charge in [0.2, 0.25) is 5.91 Å². The van der Waals surface area contributed by atoms with E-state index in [1.807, 2.05) is 41.2 Å². The molecule has 0 spiro atoms. The first-order valence-corrected chi connectivity index (χ1v) is 10.0. The second-order valence-electron chi connectivity index (χ2n) is 7.42. The molecule has 1 N–H and O–H groups in total. The van der Waals surface area contributed by atoms with E-state index >= 15 is 0 Å². The molecular formula is C23H23FN4O2. The Kier molecular flexibility index (Phi) is 5.88. The third kappa shape index (κ3) is 4.56. The van der Waals surface area contributed by atoms with Crippen molar-refractivity contribution in [3.8, 4) is 0 Å². The second kappa shape index (κ2) is 8.90. The molecule has 0 saturated carbocycles. The molecule has 30 heavy (non-hydrogen) atoms. The SMILES string of the molecule is O=C(Nc1ccccc1Cn1cccn1)C1CCN(C(=O)c2ccc(F)cc2)CC1. The van der Waals surface area contributed by atoms with Crippen LogP contribution in [-0.4, -0.2) is 39.6 Å². The number of halogens is 1. The number of amides is 2. The van der Waals surface area contributed by atoms with Gasteiger partial charge >= 0.3 is 0 Å². The smallest absolute Gasteiger partial charge is 0.253 e. The molecule has 0 radical (unpaired) electrons. The number of hydrogen-bond acceptors (Lipinski definition) is 3. The van der Waals surface area contributed by atoms with Gasteiger partial charge in [0.15, 0.2) is 0 Å². The fourth-order valence-corrected chi connectivity index (χ4v) is 3.70. The number of para-hydroxylation sites is 1. The van der Waals surface area contributed by atoms with E-state index in [1.54, 1.807) is 11.1 Å². The van der Waals surface area contributed by atoms with Crippen LogP contribution >= 0.6 is 0 Å². The summed E-state index contributed by atoms with van der Waals surface area (Å²) in [7, 11) is 0. The van der Waals surface area contributed by atoms with Crippen LogP contribution in [0.25, 0.3) is 0 Å². The zero-order valence-corrected chi connectivity index (χ0v) is 16.5. The standard InChI is InChI=1S/C23H23FN4O2/c24-20-8-6-18(7-9-20)23(30)27-14-10-17(11-15-27)22(29)26-21-5-2-1-4-19(21)16-28-13-3-12-25-28/h1-9,12-13,17H,10-11,14-16H2,(H,26,29). The number of hydrogen-bond donors (Lipinski definition) is 1. The quantitative estimate of drug-likeness (QED) is 0.705. The molecule has 3 aromatic rings. The number of likely N-dealkylation sites (tertiary alicyclic amines) is 1. The molecule has 2 aromatic carbocycles. The maximum absolute atomic E-state index is 13.1. The summed E-state index contributed by atoms with van der Waals surface area (Å²) in [5, 5.41) is 7.27. The number of carbonyl (C=O) groups is 2. The zero-order valence-electron chi connectivity index (χ0n) is 16.5. The lowest BCUT2D eigenvalue weighted by Crippen LogP contribution is -2.41. The monoisotopic (exact) mass is 406 g/mol. The van der Waals surface area contributed by atoms with E-state index in [1.165, 1.54) is 24.3 Å². The number of benzene rings is 2.